The van der Waals surface area contributed by atoms with Gasteiger partial charge in [0.05, 0.1) is 26.4 Å². The lowest BCUT2D eigenvalue weighted by molar-refractivity contribution is -0.161. The van der Waals surface area contributed by atoms with Gasteiger partial charge in [-0.3, -0.25) is 37.3 Å². The summed E-state index contributed by atoms with van der Waals surface area (Å²) in [6.07, 6.45) is 42.1. The monoisotopic (exact) mass is 1280 g/mol. The summed E-state index contributed by atoms with van der Waals surface area (Å²) in [6.45, 7) is 11.7. The lowest BCUT2D eigenvalue weighted by Gasteiger charge is -2.21. The zero-order valence-electron chi connectivity index (χ0n) is 56.5. The average Bonchev–Trinajstić information content (AvgIpc) is 3.67. The molecule has 5 atom stereocenters. The second-order valence-electron chi connectivity index (χ2n) is 26.0. The van der Waals surface area contributed by atoms with E-state index in [2.05, 4.69) is 48.5 Å². The number of unbranched alkanes of at least 4 members (excludes halogenated alkanes) is 34. The van der Waals surface area contributed by atoms with Gasteiger partial charge >= 0.3 is 39.5 Å². The maximum Gasteiger partial charge on any atom is 0.472 e. The van der Waals surface area contributed by atoms with Crippen LogP contribution in [0.4, 0.5) is 0 Å². The Morgan fingerprint density at radius 1 is 0.310 bits per heavy atom. The molecule has 87 heavy (non-hydrogen) atoms. The number of phosphoric acid groups is 2. The van der Waals surface area contributed by atoms with Gasteiger partial charge < -0.3 is 33.8 Å². The Hall–Kier alpha value is -1.94. The quantitative estimate of drug-likeness (QED) is 0.0222. The van der Waals surface area contributed by atoms with E-state index >= 15 is 0 Å². The Labute approximate surface area is 530 Å². The number of esters is 4. The normalized spacial score (nSPS) is 14.3. The molecule has 2 unspecified atom stereocenters. The fourth-order valence-corrected chi connectivity index (χ4v) is 11.8. The molecule has 0 saturated heterocycles. The maximum absolute atomic E-state index is 13.0. The van der Waals surface area contributed by atoms with Crippen LogP contribution in [0.15, 0.2) is 0 Å². The van der Waals surface area contributed by atoms with Crippen molar-refractivity contribution in [3.63, 3.8) is 0 Å². The zero-order valence-corrected chi connectivity index (χ0v) is 58.3. The number of aliphatic hydroxyl groups is 1. The van der Waals surface area contributed by atoms with Crippen LogP contribution in [0.25, 0.3) is 0 Å². The largest absolute Gasteiger partial charge is 0.472 e. The van der Waals surface area contributed by atoms with E-state index in [1.807, 2.05) is 0 Å². The van der Waals surface area contributed by atoms with Gasteiger partial charge in [0.25, 0.3) is 0 Å². The molecule has 17 nitrogen and oxygen atoms in total. The molecule has 516 valence electrons. The molecule has 0 spiro atoms. The summed E-state index contributed by atoms with van der Waals surface area (Å²) in [5.41, 5.74) is 0. The van der Waals surface area contributed by atoms with Crippen LogP contribution < -0.4 is 0 Å². The van der Waals surface area contributed by atoms with E-state index in [1.54, 1.807) is 0 Å². The van der Waals surface area contributed by atoms with Crippen LogP contribution >= 0.6 is 15.6 Å². The third-order valence-electron chi connectivity index (χ3n) is 15.6. The number of aliphatic hydroxyl groups excluding tert-OH is 1. The molecule has 0 aromatic heterocycles. The molecule has 19 heteroatoms. The second-order valence-corrected chi connectivity index (χ2v) is 28.9. The number of hydrogen-bond donors (Lipinski definition) is 3. The highest BCUT2D eigenvalue weighted by atomic mass is 31.2. The predicted molar refractivity (Wildman–Crippen MR) is 349 cm³/mol. The SMILES string of the molecule is CCCCCCCC(=O)OC[C@H](COP(=O)(O)OC[C@H](O)COP(=O)(O)OC[C@@H](COC(=O)CCCCCCCCCCCC(C)C)OC(=O)CCCCCCCCCCCCCCCCCC(C)C)OC(=O)CCCCCCCCCCCC(C)C. The van der Waals surface area contributed by atoms with Gasteiger partial charge in [0.2, 0.25) is 0 Å². The molecule has 0 heterocycles. The minimum absolute atomic E-state index is 0.104. The molecule has 0 aliphatic carbocycles. The summed E-state index contributed by atoms with van der Waals surface area (Å²) in [7, 11) is -9.89. The average molecular weight is 1280 g/mol. The first-order valence-electron chi connectivity index (χ1n) is 35.3. The molecule has 0 saturated carbocycles. The Kier molecular flexibility index (Phi) is 57.8. The first-order chi connectivity index (χ1) is 41.7. The van der Waals surface area contributed by atoms with Gasteiger partial charge in [0.15, 0.2) is 12.2 Å². The third kappa shape index (κ3) is 62.6. The lowest BCUT2D eigenvalue weighted by atomic mass is 10.0. The van der Waals surface area contributed by atoms with Gasteiger partial charge in [-0.15, -0.1) is 0 Å². The Bertz CT molecular complexity index is 1720. The smallest absolute Gasteiger partial charge is 0.462 e. The number of phosphoric ester groups is 2. The van der Waals surface area contributed by atoms with Crippen molar-refractivity contribution in [1.82, 2.24) is 0 Å². The third-order valence-corrected chi connectivity index (χ3v) is 17.5. The minimum atomic E-state index is -4.95. The molecular weight excluding hydrogens is 1150 g/mol. The van der Waals surface area contributed by atoms with Crippen LogP contribution in [0.2, 0.25) is 0 Å². The van der Waals surface area contributed by atoms with Crippen molar-refractivity contribution in [2.75, 3.05) is 39.6 Å². The molecule has 0 aliphatic rings. The van der Waals surface area contributed by atoms with Gasteiger partial charge in [0.1, 0.15) is 19.3 Å². The highest BCUT2D eigenvalue weighted by Gasteiger charge is 2.30. The molecule has 0 fully saturated rings. The van der Waals surface area contributed by atoms with E-state index in [0.717, 1.165) is 114 Å². The van der Waals surface area contributed by atoms with Gasteiger partial charge in [-0.2, -0.15) is 0 Å². The number of ether oxygens (including phenoxy) is 4. The van der Waals surface area contributed by atoms with Crippen molar-refractivity contribution >= 4 is 39.5 Å². The molecule has 0 radical (unpaired) electrons. The Morgan fingerprint density at radius 3 is 0.782 bits per heavy atom. The Balaban J connectivity index is 5.15. The van der Waals surface area contributed by atoms with Crippen LogP contribution in [-0.4, -0.2) is 96.7 Å². The summed E-state index contributed by atoms with van der Waals surface area (Å²) in [4.78, 5) is 72.2. The Morgan fingerprint density at radius 2 is 0.529 bits per heavy atom. The van der Waals surface area contributed by atoms with Crippen LogP contribution in [0.3, 0.4) is 0 Å². The molecular formula is C68H132O17P2. The van der Waals surface area contributed by atoms with Gasteiger partial charge in [-0.05, 0) is 43.4 Å². The van der Waals surface area contributed by atoms with Crippen LogP contribution in [-0.2, 0) is 65.4 Å². The zero-order chi connectivity index (χ0) is 64.5. The van der Waals surface area contributed by atoms with E-state index in [1.165, 1.54) is 141 Å². The molecule has 0 aromatic carbocycles. The van der Waals surface area contributed by atoms with Gasteiger partial charge in [0, 0.05) is 25.7 Å². The molecule has 0 aromatic rings. The fraction of sp³-hybridized carbons (Fsp3) is 0.941. The van der Waals surface area contributed by atoms with E-state index in [9.17, 15) is 43.2 Å². The van der Waals surface area contributed by atoms with Crippen molar-refractivity contribution in [3.8, 4) is 0 Å². The van der Waals surface area contributed by atoms with E-state index in [4.69, 9.17) is 37.0 Å². The summed E-state index contributed by atoms with van der Waals surface area (Å²) < 4.78 is 68.0. The molecule has 3 N–H and O–H groups in total. The van der Waals surface area contributed by atoms with E-state index < -0.39 is 97.5 Å². The first-order valence-corrected chi connectivity index (χ1v) is 38.3. The van der Waals surface area contributed by atoms with Gasteiger partial charge in [-0.1, -0.05) is 286 Å². The number of carbonyl (C=O) groups excluding carboxylic acids is 4. The number of carbonyl (C=O) groups is 4. The standard InChI is InChI=1S/C68H132O17P2/c1-8-9-10-32-42-49-65(70)78-55-63(84-68(73)52-45-38-31-25-19-22-28-35-41-48-61(6)7)57-82-86(74,75)80-53-62(69)54-81-87(76,77)83-58-64(56-79-66(71)50-43-36-29-24-18-21-27-34-40-47-60(4)5)85-67(72)51-44-37-30-23-17-15-13-11-12-14-16-20-26-33-39-46-59(2)3/h59-64,69H,8-58H2,1-7H3,(H,74,75)(H,76,77)/t62-,63+,64+/m0/s1. The first kappa shape index (κ1) is 85.1. The van der Waals surface area contributed by atoms with E-state index in [-0.39, 0.29) is 25.7 Å². The van der Waals surface area contributed by atoms with Gasteiger partial charge in [-0.25, -0.2) is 9.13 Å². The van der Waals surface area contributed by atoms with Crippen molar-refractivity contribution < 1.29 is 80.2 Å². The van der Waals surface area contributed by atoms with Crippen molar-refractivity contribution in [2.45, 2.75) is 356 Å². The van der Waals surface area contributed by atoms with Crippen LogP contribution in [0, 0.1) is 17.8 Å². The summed E-state index contributed by atoms with van der Waals surface area (Å²) in [6, 6.07) is 0. The van der Waals surface area contributed by atoms with Crippen LogP contribution in [0.5, 0.6) is 0 Å². The topological polar surface area (TPSA) is 237 Å². The van der Waals surface area contributed by atoms with Crippen molar-refractivity contribution in [2.24, 2.45) is 17.8 Å². The maximum atomic E-state index is 13.0. The van der Waals surface area contributed by atoms with Crippen LogP contribution in [0.1, 0.15) is 337 Å². The molecule has 0 rings (SSSR count). The van der Waals surface area contributed by atoms with E-state index in [0.29, 0.717) is 25.7 Å². The minimum Gasteiger partial charge on any atom is -0.462 e. The summed E-state index contributed by atoms with van der Waals surface area (Å²) in [5.74, 6) is 0.143. The molecule has 0 bridgehead atoms. The van der Waals surface area contributed by atoms with Crippen molar-refractivity contribution in [1.29, 1.82) is 0 Å². The lowest BCUT2D eigenvalue weighted by Crippen LogP contribution is -2.30. The fourth-order valence-electron chi connectivity index (χ4n) is 10.2. The highest BCUT2D eigenvalue weighted by molar-refractivity contribution is 7.47. The molecule has 0 amide bonds. The predicted octanol–water partition coefficient (Wildman–Crippen LogP) is 19.1. The summed E-state index contributed by atoms with van der Waals surface area (Å²) >= 11 is 0. The number of hydrogen-bond acceptors (Lipinski definition) is 15. The second kappa shape index (κ2) is 59.1. The highest BCUT2D eigenvalue weighted by Crippen LogP contribution is 2.45. The number of rotatable bonds is 66. The van der Waals surface area contributed by atoms with Crippen molar-refractivity contribution in [3.05, 3.63) is 0 Å². The molecule has 0 aliphatic heterocycles. The summed E-state index contributed by atoms with van der Waals surface area (Å²) in [5, 5.41) is 10.5.